The number of carboxylic acid groups (broad SMARTS) is 1. The van der Waals surface area contributed by atoms with Gasteiger partial charge in [0.1, 0.15) is 6.54 Å². The molecular formula is C11H15BrN6O2S. The van der Waals surface area contributed by atoms with E-state index in [9.17, 15) is 4.79 Å². The first-order chi connectivity index (χ1) is 10.1. The van der Waals surface area contributed by atoms with Crippen molar-refractivity contribution in [2.75, 3.05) is 0 Å². The van der Waals surface area contributed by atoms with Crippen LogP contribution >= 0.6 is 27.7 Å². The van der Waals surface area contributed by atoms with Gasteiger partial charge in [-0.05, 0) is 39.7 Å². The Balaban J connectivity index is 2.15. The second-order valence-corrected chi connectivity index (χ2v) is 5.91. The van der Waals surface area contributed by atoms with Crippen LogP contribution in [0.2, 0.25) is 0 Å². The number of carbonyl (C=O) groups is 1. The van der Waals surface area contributed by atoms with Crippen molar-refractivity contribution in [2.45, 2.75) is 44.3 Å². The van der Waals surface area contributed by atoms with Crippen LogP contribution in [0.4, 0.5) is 0 Å². The van der Waals surface area contributed by atoms with Crippen molar-refractivity contribution >= 4 is 33.7 Å². The molecule has 0 aromatic carbocycles. The second kappa shape index (κ2) is 7.03. The molecule has 0 amide bonds. The van der Waals surface area contributed by atoms with Crippen molar-refractivity contribution < 1.29 is 9.90 Å². The fraction of sp³-hybridized carbons (Fsp3) is 0.545. The van der Waals surface area contributed by atoms with Crippen LogP contribution in [0, 0.1) is 0 Å². The summed E-state index contributed by atoms with van der Waals surface area (Å²) >= 11 is 4.97. The minimum atomic E-state index is -0.975. The van der Waals surface area contributed by atoms with E-state index in [-0.39, 0.29) is 6.54 Å². The maximum Gasteiger partial charge on any atom is 0.325 e. The maximum absolute atomic E-state index is 10.7. The average molecular weight is 375 g/mol. The molecule has 2 aromatic rings. The first-order valence-corrected chi connectivity index (χ1v) is 8.19. The number of nitrogens with zero attached hydrogens (tertiary/aromatic N) is 6. The van der Waals surface area contributed by atoms with Gasteiger partial charge in [-0.2, -0.15) is 5.10 Å². The van der Waals surface area contributed by atoms with Gasteiger partial charge in [0.2, 0.25) is 5.16 Å². The summed E-state index contributed by atoms with van der Waals surface area (Å²) in [5, 5.41) is 24.9. The SMILES string of the molecule is CCc1nn(CC)c(CSc2nnnn2CC(=O)O)c1Br. The lowest BCUT2D eigenvalue weighted by Gasteiger charge is -2.05. The Morgan fingerprint density at radius 3 is 2.76 bits per heavy atom. The van der Waals surface area contributed by atoms with E-state index in [0.29, 0.717) is 10.9 Å². The van der Waals surface area contributed by atoms with Gasteiger partial charge in [-0.1, -0.05) is 18.7 Å². The summed E-state index contributed by atoms with van der Waals surface area (Å²) < 4.78 is 4.20. The molecule has 0 bridgehead atoms. The number of hydrogen-bond acceptors (Lipinski definition) is 6. The molecule has 114 valence electrons. The number of hydrogen-bond donors (Lipinski definition) is 1. The molecule has 0 aliphatic carbocycles. The highest BCUT2D eigenvalue weighted by Gasteiger charge is 2.16. The van der Waals surface area contributed by atoms with Crippen molar-refractivity contribution in [2.24, 2.45) is 0 Å². The molecule has 0 saturated heterocycles. The van der Waals surface area contributed by atoms with Gasteiger partial charge < -0.3 is 5.11 Å². The van der Waals surface area contributed by atoms with Crippen LogP contribution in [0.15, 0.2) is 9.63 Å². The summed E-state index contributed by atoms with van der Waals surface area (Å²) in [5.41, 5.74) is 2.06. The number of carboxylic acids is 1. The minimum absolute atomic E-state index is 0.246. The smallest absolute Gasteiger partial charge is 0.325 e. The van der Waals surface area contributed by atoms with Gasteiger partial charge in [0.15, 0.2) is 0 Å². The van der Waals surface area contributed by atoms with E-state index in [1.165, 1.54) is 16.4 Å². The lowest BCUT2D eigenvalue weighted by Crippen LogP contribution is -2.11. The molecule has 0 saturated carbocycles. The van der Waals surface area contributed by atoms with Crippen LogP contribution < -0.4 is 0 Å². The average Bonchev–Trinajstić information content (AvgIpc) is 3.00. The van der Waals surface area contributed by atoms with Crippen LogP contribution in [0.1, 0.15) is 25.2 Å². The molecule has 0 aliphatic heterocycles. The third-order valence-electron chi connectivity index (χ3n) is 2.82. The largest absolute Gasteiger partial charge is 0.480 e. The maximum atomic E-state index is 10.7. The summed E-state index contributed by atoms with van der Waals surface area (Å²) in [6.07, 6.45) is 0.849. The van der Waals surface area contributed by atoms with E-state index < -0.39 is 5.97 Å². The highest BCUT2D eigenvalue weighted by atomic mass is 79.9. The fourth-order valence-electron chi connectivity index (χ4n) is 1.82. The Morgan fingerprint density at radius 1 is 1.38 bits per heavy atom. The normalized spacial score (nSPS) is 11.0. The molecule has 10 heteroatoms. The van der Waals surface area contributed by atoms with Crippen molar-refractivity contribution in [1.29, 1.82) is 0 Å². The van der Waals surface area contributed by atoms with Crippen LogP contribution in [0.5, 0.6) is 0 Å². The molecule has 1 N–H and O–H groups in total. The quantitative estimate of drug-likeness (QED) is 0.734. The third-order valence-corrected chi connectivity index (χ3v) is 4.70. The van der Waals surface area contributed by atoms with Gasteiger partial charge in [0.25, 0.3) is 0 Å². The molecule has 2 heterocycles. The molecule has 8 nitrogen and oxygen atoms in total. The fourth-order valence-corrected chi connectivity index (χ4v) is 3.61. The molecular weight excluding hydrogens is 360 g/mol. The number of aromatic nitrogens is 6. The van der Waals surface area contributed by atoms with E-state index in [4.69, 9.17) is 5.11 Å². The predicted octanol–water partition coefficient (Wildman–Crippen LogP) is 1.59. The molecule has 0 fully saturated rings. The van der Waals surface area contributed by atoms with Crippen molar-refractivity contribution in [3.63, 3.8) is 0 Å². The zero-order valence-corrected chi connectivity index (χ0v) is 14.1. The summed E-state index contributed by atoms with van der Waals surface area (Å²) in [6.45, 7) is 4.61. The van der Waals surface area contributed by atoms with Crippen molar-refractivity contribution in [3.8, 4) is 0 Å². The zero-order chi connectivity index (χ0) is 15.4. The van der Waals surface area contributed by atoms with Crippen LogP contribution in [-0.2, 0) is 30.1 Å². The summed E-state index contributed by atoms with van der Waals surface area (Å²) in [5.74, 6) is -0.362. The molecule has 0 unspecified atom stereocenters. The van der Waals surface area contributed by atoms with E-state index in [1.807, 2.05) is 11.6 Å². The number of halogens is 1. The highest BCUT2D eigenvalue weighted by molar-refractivity contribution is 9.10. The minimum Gasteiger partial charge on any atom is -0.480 e. The summed E-state index contributed by atoms with van der Waals surface area (Å²) in [7, 11) is 0. The van der Waals surface area contributed by atoms with Gasteiger partial charge in [0, 0.05) is 12.3 Å². The van der Waals surface area contributed by atoms with Crippen molar-refractivity contribution in [3.05, 3.63) is 15.9 Å². The number of aliphatic carboxylic acids is 1. The zero-order valence-electron chi connectivity index (χ0n) is 11.7. The lowest BCUT2D eigenvalue weighted by molar-refractivity contribution is -0.138. The van der Waals surface area contributed by atoms with E-state index in [1.54, 1.807) is 0 Å². The molecule has 0 atom stereocenters. The van der Waals surface area contributed by atoms with E-state index in [2.05, 4.69) is 43.5 Å². The number of tetrazole rings is 1. The molecule has 0 spiro atoms. The van der Waals surface area contributed by atoms with E-state index >= 15 is 0 Å². The number of thioether (sulfide) groups is 1. The first-order valence-electron chi connectivity index (χ1n) is 6.41. The molecule has 0 radical (unpaired) electrons. The van der Waals surface area contributed by atoms with Crippen molar-refractivity contribution in [1.82, 2.24) is 30.0 Å². The topological polar surface area (TPSA) is 98.7 Å². The summed E-state index contributed by atoms with van der Waals surface area (Å²) in [4.78, 5) is 10.7. The van der Waals surface area contributed by atoms with Crippen LogP contribution in [-0.4, -0.2) is 41.1 Å². The van der Waals surface area contributed by atoms with Gasteiger partial charge in [-0.15, -0.1) is 5.10 Å². The molecule has 2 rings (SSSR count). The number of aryl methyl sites for hydroxylation is 2. The Hall–Kier alpha value is -1.42. The Bertz CT molecular complexity index is 641. The third kappa shape index (κ3) is 3.62. The van der Waals surface area contributed by atoms with Gasteiger partial charge in [0.05, 0.1) is 15.9 Å². The van der Waals surface area contributed by atoms with Gasteiger partial charge in [-0.3, -0.25) is 9.48 Å². The van der Waals surface area contributed by atoms with Gasteiger partial charge in [-0.25, -0.2) is 4.68 Å². The standard InChI is InChI=1S/C11H15BrN6O2S/c1-3-7-10(12)8(17(4-2)14-7)6-21-11-13-15-16-18(11)5-9(19)20/h3-6H2,1-2H3,(H,19,20). The first kappa shape index (κ1) is 16.0. The summed E-state index contributed by atoms with van der Waals surface area (Å²) in [6, 6.07) is 0. The molecule has 0 aliphatic rings. The molecule has 21 heavy (non-hydrogen) atoms. The highest BCUT2D eigenvalue weighted by Crippen LogP contribution is 2.28. The van der Waals surface area contributed by atoms with Gasteiger partial charge >= 0.3 is 5.97 Å². The Morgan fingerprint density at radius 2 is 2.14 bits per heavy atom. The van der Waals surface area contributed by atoms with Crippen LogP contribution in [0.25, 0.3) is 0 Å². The number of rotatable bonds is 7. The molecule has 2 aromatic heterocycles. The second-order valence-electron chi connectivity index (χ2n) is 4.18. The van der Waals surface area contributed by atoms with Crippen LogP contribution in [0.3, 0.4) is 0 Å². The Kier molecular flexibility index (Phi) is 5.34. The monoisotopic (exact) mass is 374 g/mol. The lowest BCUT2D eigenvalue weighted by atomic mass is 10.3. The van der Waals surface area contributed by atoms with E-state index in [0.717, 1.165) is 28.8 Å². The predicted molar refractivity (Wildman–Crippen MR) is 80.0 cm³/mol. The Labute approximate surface area is 134 Å².